The Labute approximate surface area is 174 Å². The summed E-state index contributed by atoms with van der Waals surface area (Å²) in [5.74, 6) is 0.645. The maximum atomic E-state index is 13.5. The molecule has 0 saturated carbocycles. The lowest BCUT2D eigenvalue weighted by Crippen LogP contribution is -2.46. The second kappa shape index (κ2) is 7.54. The smallest absolute Gasteiger partial charge is 0.150 e. The third-order valence-corrected chi connectivity index (χ3v) is 5.47. The van der Waals surface area contributed by atoms with Gasteiger partial charge in [0.1, 0.15) is 18.0 Å². The quantitative estimate of drug-likeness (QED) is 0.492. The van der Waals surface area contributed by atoms with Crippen LogP contribution < -0.4 is 4.90 Å². The van der Waals surface area contributed by atoms with Crippen molar-refractivity contribution in [2.24, 2.45) is 0 Å². The van der Waals surface area contributed by atoms with Gasteiger partial charge in [0.05, 0.1) is 17.6 Å². The van der Waals surface area contributed by atoms with Crippen LogP contribution >= 0.6 is 0 Å². The average molecular weight is 402 g/mol. The second-order valence-electron chi connectivity index (χ2n) is 7.81. The first-order valence-electron chi connectivity index (χ1n) is 10.2. The van der Waals surface area contributed by atoms with E-state index in [1.807, 2.05) is 22.8 Å². The zero-order valence-corrected chi connectivity index (χ0v) is 17.0. The van der Waals surface area contributed by atoms with Gasteiger partial charge in [-0.15, -0.1) is 0 Å². The molecule has 6 heteroatoms. The number of ether oxygens (including phenoxy) is 1. The van der Waals surface area contributed by atoms with Gasteiger partial charge in [-0.25, -0.2) is 14.4 Å². The molecule has 5 rings (SSSR count). The monoisotopic (exact) mass is 402 g/mol. The largest absolute Gasteiger partial charge is 0.372 e. The highest BCUT2D eigenvalue weighted by Crippen LogP contribution is 2.37. The average Bonchev–Trinajstić information content (AvgIpc) is 3.14. The number of hydrogen-bond donors (Lipinski definition) is 0. The fourth-order valence-electron chi connectivity index (χ4n) is 4.27. The standard InChI is InChI=1S/C24H23FN4O/c1-16-12-28(13-17(2)30-16)23-22-21(18-6-4-3-5-7-18)14-29(24(22)27-15-26-23)20-10-8-19(25)9-11-20/h3-11,14-17H,12-13H2,1-2H3/t16-,17+. The molecule has 0 bridgehead atoms. The van der Waals surface area contributed by atoms with E-state index >= 15 is 0 Å². The van der Waals surface area contributed by atoms with Crippen LogP contribution in [-0.4, -0.2) is 39.8 Å². The highest BCUT2D eigenvalue weighted by molar-refractivity contribution is 6.02. The van der Waals surface area contributed by atoms with E-state index in [4.69, 9.17) is 9.72 Å². The molecular weight excluding hydrogens is 379 g/mol. The third kappa shape index (κ3) is 3.33. The highest BCUT2D eigenvalue weighted by Gasteiger charge is 2.27. The van der Waals surface area contributed by atoms with Crippen molar-refractivity contribution >= 4 is 16.9 Å². The molecule has 1 aliphatic heterocycles. The van der Waals surface area contributed by atoms with E-state index in [1.54, 1.807) is 18.5 Å². The maximum Gasteiger partial charge on any atom is 0.150 e. The Hall–Kier alpha value is -3.25. The van der Waals surface area contributed by atoms with Gasteiger partial charge in [-0.1, -0.05) is 30.3 Å². The zero-order valence-electron chi connectivity index (χ0n) is 17.0. The van der Waals surface area contributed by atoms with Crippen LogP contribution in [0.25, 0.3) is 27.8 Å². The third-order valence-electron chi connectivity index (χ3n) is 5.47. The highest BCUT2D eigenvalue weighted by atomic mass is 19.1. The zero-order chi connectivity index (χ0) is 20.7. The van der Waals surface area contributed by atoms with Crippen molar-refractivity contribution in [2.45, 2.75) is 26.1 Å². The topological polar surface area (TPSA) is 43.2 Å². The molecule has 30 heavy (non-hydrogen) atoms. The SMILES string of the molecule is C[C@@H]1CN(c2ncnc3c2c(-c2ccccc2)cn3-c2ccc(F)cc2)C[C@H](C)O1. The van der Waals surface area contributed by atoms with E-state index in [0.717, 1.165) is 46.8 Å². The van der Waals surface area contributed by atoms with Gasteiger partial charge in [-0.3, -0.25) is 0 Å². The predicted molar refractivity (Wildman–Crippen MR) is 116 cm³/mol. The Bertz CT molecular complexity index is 1160. The molecule has 0 radical (unpaired) electrons. The van der Waals surface area contributed by atoms with E-state index in [0.29, 0.717) is 0 Å². The van der Waals surface area contributed by atoms with Crippen LogP contribution in [0.2, 0.25) is 0 Å². The number of morpholine rings is 1. The molecule has 1 aliphatic rings. The molecule has 0 unspecified atom stereocenters. The Morgan fingerprint density at radius 3 is 2.33 bits per heavy atom. The lowest BCUT2D eigenvalue weighted by molar-refractivity contribution is -0.00537. The molecule has 0 aliphatic carbocycles. The molecular formula is C24H23FN4O. The van der Waals surface area contributed by atoms with E-state index < -0.39 is 0 Å². The Balaban J connectivity index is 1.75. The van der Waals surface area contributed by atoms with Crippen LogP contribution in [0.5, 0.6) is 0 Å². The number of hydrogen-bond acceptors (Lipinski definition) is 4. The summed E-state index contributed by atoms with van der Waals surface area (Å²) in [7, 11) is 0. The van der Waals surface area contributed by atoms with Crippen molar-refractivity contribution in [1.29, 1.82) is 0 Å². The van der Waals surface area contributed by atoms with Gasteiger partial charge >= 0.3 is 0 Å². The first-order chi connectivity index (χ1) is 14.6. The van der Waals surface area contributed by atoms with Gasteiger partial charge in [0.2, 0.25) is 0 Å². The predicted octanol–water partition coefficient (Wildman–Crippen LogP) is 4.84. The molecule has 2 aromatic heterocycles. The fraction of sp³-hybridized carbons (Fsp3) is 0.250. The van der Waals surface area contributed by atoms with E-state index in [-0.39, 0.29) is 18.0 Å². The number of benzene rings is 2. The molecule has 1 fully saturated rings. The Morgan fingerprint density at radius 1 is 0.933 bits per heavy atom. The molecule has 3 heterocycles. The van der Waals surface area contributed by atoms with Crippen LogP contribution in [0.3, 0.4) is 0 Å². The van der Waals surface area contributed by atoms with Crippen molar-refractivity contribution in [3.63, 3.8) is 0 Å². The summed E-state index contributed by atoms with van der Waals surface area (Å²) in [6, 6.07) is 16.7. The van der Waals surface area contributed by atoms with Crippen LogP contribution in [0.4, 0.5) is 10.2 Å². The first-order valence-corrected chi connectivity index (χ1v) is 10.2. The number of fused-ring (bicyclic) bond motifs is 1. The van der Waals surface area contributed by atoms with Gasteiger partial charge in [-0.2, -0.15) is 0 Å². The normalized spacial score (nSPS) is 19.4. The minimum absolute atomic E-state index is 0.123. The fourth-order valence-corrected chi connectivity index (χ4v) is 4.27. The van der Waals surface area contributed by atoms with Crippen LogP contribution in [0, 0.1) is 5.82 Å². The summed E-state index contributed by atoms with van der Waals surface area (Å²) < 4.78 is 21.4. The lowest BCUT2D eigenvalue weighted by Gasteiger charge is -2.36. The first kappa shape index (κ1) is 18.8. The van der Waals surface area contributed by atoms with E-state index in [2.05, 4.69) is 42.1 Å². The number of halogens is 1. The van der Waals surface area contributed by atoms with Crippen molar-refractivity contribution in [2.75, 3.05) is 18.0 Å². The summed E-state index contributed by atoms with van der Waals surface area (Å²) >= 11 is 0. The summed E-state index contributed by atoms with van der Waals surface area (Å²) in [5.41, 5.74) is 3.81. The van der Waals surface area contributed by atoms with Crippen molar-refractivity contribution in [3.05, 3.63) is 72.9 Å². The summed E-state index contributed by atoms with van der Waals surface area (Å²) in [5, 5.41) is 0.995. The number of anilines is 1. The van der Waals surface area contributed by atoms with Crippen molar-refractivity contribution in [3.8, 4) is 16.8 Å². The maximum absolute atomic E-state index is 13.5. The van der Waals surface area contributed by atoms with Gasteiger partial charge in [-0.05, 0) is 43.7 Å². The number of nitrogens with zero attached hydrogens (tertiary/aromatic N) is 4. The van der Waals surface area contributed by atoms with Gasteiger partial charge in [0.15, 0.2) is 5.65 Å². The van der Waals surface area contributed by atoms with Crippen molar-refractivity contribution in [1.82, 2.24) is 14.5 Å². The number of aromatic nitrogens is 3. The molecule has 2 aromatic carbocycles. The summed E-state index contributed by atoms with van der Waals surface area (Å²) in [6.07, 6.45) is 3.92. The Kier molecular flexibility index (Phi) is 4.71. The van der Waals surface area contributed by atoms with Crippen molar-refractivity contribution < 1.29 is 9.13 Å². The minimum Gasteiger partial charge on any atom is -0.372 e. The van der Waals surface area contributed by atoms with Crippen LogP contribution in [0.15, 0.2) is 67.1 Å². The molecule has 2 atom stereocenters. The van der Waals surface area contributed by atoms with E-state index in [1.165, 1.54) is 12.1 Å². The number of rotatable bonds is 3. The van der Waals surface area contributed by atoms with Gasteiger partial charge in [0.25, 0.3) is 0 Å². The molecule has 4 aromatic rings. The van der Waals surface area contributed by atoms with Crippen LogP contribution in [-0.2, 0) is 4.74 Å². The van der Waals surface area contributed by atoms with Gasteiger partial charge < -0.3 is 14.2 Å². The molecule has 0 N–H and O–H groups in total. The molecule has 5 nitrogen and oxygen atoms in total. The molecule has 0 amide bonds. The molecule has 152 valence electrons. The second-order valence-corrected chi connectivity index (χ2v) is 7.81. The van der Waals surface area contributed by atoms with Crippen LogP contribution in [0.1, 0.15) is 13.8 Å². The van der Waals surface area contributed by atoms with E-state index in [9.17, 15) is 4.39 Å². The molecule has 1 saturated heterocycles. The lowest BCUT2D eigenvalue weighted by atomic mass is 10.1. The minimum atomic E-state index is -0.259. The van der Waals surface area contributed by atoms with Gasteiger partial charge in [0, 0.05) is 30.5 Å². The Morgan fingerprint density at radius 2 is 1.63 bits per heavy atom. The summed E-state index contributed by atoms with van der Waals surface area (Å²) in [4.78, 5) is 11.6. The summed E-state index contributed by atoms with van der Waals surface area (Å²) in [6.45, 7) is 5.71. The molecule has 0 spiro atoms.